The molecule has 4 rings (SSSR count). The number of anilines is 1. The molecule has 0 amide bonds. The molecule has 1 aliphatic carbocycles. The highest BCUT2D eigenvalue weighted by molar-refractivity contribution is 5.89. The molecule has 2 heterocycles. The lowest BCUT2D eigenvalue weighted by molar-refractivity contribution is 0.190. The number of fused-ring (bicyclic) bond motifs is 1. The van der Waals surface area contributed by atoms with Gasteiger partial charge >= 0.3 is 0 Å². The predicted octanol–water partition coefficient (Wildman–Crippen LogP) is 2.33. The molecule has 1 aliphatic rings. The molecule has 0 aliphatic heterocycles. The van der Waals surface area contributed by atoms with E-state index in [4.69, 9.17) is 5.73 Å². The predicted molar refractivity (Wildman–Crippen MR) is 96.0 cm³/mol. The highest BCUT2D eigenvalue weighted by Crippen LogP contribution is 2.33. The first-order chi connectivity index (χ1) is 12.1. The number of benzene rings is 1. The number of aromatic amines is 1. The van der Waals surface area contributed by atoms with Crippen molar-refractivity contribution in [3.8, 4) is 5.69 Å². The number of hydrogen-bond donors (Lipinski definition) is 4. The summed E-state index contributed by atoms with van der Waals surface area (Å²) in [6, 6.07) is 7.71. The van der Waals surface area contributed by atoms with E-state index in [1.165, 1.54) is 6.08 Å². The van der Waals surface area contributed by atoms with Crippen LogP contribution in [0.15, 0.2) is 61.0 Å². The number of aliphatic hydroxyl groups excluding tert-OH is 2. The lowest BCUT2D eigenvalue weighted by Gasteiger charge is -2.21. The highest BCUT2D eigenvalue weighted by atomic mass is 16.3. The first-order valence-corrected chi connectivity index (χ1v) is 7.81. The van der Waals surface area contributed by atoms with Gasteiger partial charge in [0.15, 0.2) is 5.82 Å². The molecule has 7 nitrogen and oxygen atoms in total. The van der Waals surface area contributed by atoms with E-state index >= 15 is 0 Å². The third-order valence-corrected chi connectivity index (χ3v) is 4.37. The minimum absolute atomic E-state index is 0.0690. The summed E-state index contributed by atoms with van der Waals surface area (Å²) in [6.45, 7) is 3.72. The van der Waals surface area contributed by atoms with Crippen LogP contribution in [-0.2, 0) is 0 Å². The molecule has 0 saturated heterocycles. The molecule has 0 fully saturated rings. The fourth-order valence-electron chi connectivity index (χ4n) is 3.11. The maximum absolute atomic E-state index is 10.3. The van der Waals surface area contributed by atoms with Crippen molar-refractivity contribution in [1.82, 2.24) is 19.7 Å². The second-order valence-electron chi connectivity index (χ2n) is 5.87. The van der Waals surface area contributed by atoms with Crippen molar-refractivity contribution >= 4 is 22.4 Å². The van der Waals surface area contributed by atoms with Crippen molar-refractivity contribution in [2.24, 2.45) is 5.92 Å². The molecule has 7 heteroatoms. The van der Waals surface area contributed by atoms with Crippen LogP contribution in [0.2, 0.25) is 0 Å². The Morgan fingerprint density at radius 2 is 2.08 bits per heavy atom. The van der Waals surface area contributed by atoms with Crippen molar-refractivity contribution in [2.45, 2.75) is 6.10 Å². The Bertz CT molecular complexity index is 1030. The molecule has 0 spiro atoms. The minimum Gasteiger partial charge on any atom is -0.507 e. The molecule has 25 heavy (non-hydrogen) atoms. The number of nitrogens with two attached hydrogens (primary N) is 1. The van der Waals surface area contributed by atoms with Crippen molar-refractivity contribution in [3.05, 3.63) is 66.9 Å². The van der Waals surface area contributed by atoms with Gasteiger partial charge in [-0.05, 0) is 24.3 Å². The summed E-state index contributed by atoms with van der Waals surface area (Å²) in [4.78, 5) is 3.15. The summed E-state index contributed by atoms with van der Waals surface area (Å²) >= 11 is 0. The molecule has 0 saturated carbocycles. The molecule has 2 unspecified atom stereocenters. The Balaban J connectivity index is 1.93. The van der Waals surface area contributed by atoms with Gasteiger partial charge in [-0.2, -0.15) is 0 Å². The maximum Gasteiger partial charge on any atom is 0.226 e. The van der Waals surface area contributed by atoms with Crippen LogP contribution in [0.5, 0.6) is 0 Å². The summed E-state index contributed by atoms with van der Waals surface area (Å²) < 4.78 is 1.68. The Kier molecular flexibility index (Phi) is 3.43. The largest absolute Gasteiger partial charge is 0.507 e. The first-order valence-electron chi connectivity index (χ1n) is 7.81. The van der Waals surface area contributed by atoms with E-state index in [0.29, 0.717) is 11.4 Å². The van der Waals surface area contributed by atoms with Gasteiger partial charge in [0.25, 0.3) is 0 Å². The van der Waals surface area contributed by atoms with Gasteiger partial charge in [0.05, 0.1) is 17.4 Å². The van der Waals surface area contributed by atoms with Crippen LogP contribution in [-0.4, -0.2) is 36.1 Å². The van der Waals surface area contributed by atoms with Crippen molar-refractivity contribution in [3.63, 3.8) is 0 Å². The normalized spacial score (nSPS) is 20.4. The molecular weight excluding hydrogens is 318 g/mol. The summed E-state index contributed by atoms with van der Waals surface area (Å²) in [6.07, 6.45) is 5.71. The van der Waals surface area contributed by atoms with Gasteiger partial charge in [-0.25, -0.2) is 0 Å². The van der Waals surface area contributed by atoms with Crippen LogP contribution < -0.4 is 5.73 Å². The van der Waals surface area contributed by atoms with Gasteiger partial charge in [-0.3, -0.25) is 4.57 Å². The number of aromatic nitrogens is 4. The maximum atomic E-state index is 10.3. The van der Waals surface area contributed by atoms with Crippen LogP contribution in [0.1, 0.15) is 5.82 Å². The highest BCUT2D eigenvalue weighted by Gasteiger charge is 2.26. The van der Waals surface area contributed by atoms with Gasteiger partial charge in [0, 0.05) is 23.0 Å². The van der Waals surface area contributed by atoms with Crippen LogP contribution in [0, 0.1) is 5.92 Å². The zero-order valence-electron chi connectivity index (χ0n) is 13.3. The molecule has 1 aromatic carbocycles. The molecule has 0 bridgehead atoms. The van der Waals surface area contributed by atoms with E-state index in [1.54, 1.807) is 16.7 Å². The smallest absolute Gasteiger partial charge is 0.226 e. The van der Waals surface area contributed by atoms with E-state index in [1.807, 2.05) is 30.5 Å². The van der Waals surface area contributed by atoms with Crippen LogP contribution in [0.4, 0.5) is 5.95 Å². The first kappa shape index (κ1) is 15.2. The average molecular weight is 335 g/mol. The van der Waals surface area contributed by atoms with Crippen molar-refractivity contribution in [1.29, 1.82) is 0 Å². The number of nitrogen functional groups attached to an aromatic ring is 1. The molecule has 2 atom stereocenters. The number of allylic oxidation sites excluding steroid dienone is 1. The zero-order chi connectivity index (χ0) is 17.6. The molecule has 5 N–H and O–H groups in total. The lowest BCUT2D eigenvalue weighted by Crippen LogP contribution is -2.20. The van der Waals surface area contributed by atoms with Gasteiger partial charge in [0.1, 0.15) is 5.76 Å². The van der Waals surface area contributed by atoms with Crippen molar-refractivity contribution < 1.29 is 10.2 Å². The quantitative estimate of drug-likeness (QED) is 0.549. The molecule has 3 aromatic rings. The number of nitrogens with one attached hydrogen (secondary N) is 1. The monoisotopic (exact) mass is 335 g/mol. The van der Waals surface area contributed by atoms with E-state index in [0.717, 1.165) is 16.6 Å². The Morgan fingerprint density at radius 3 is 2.88 bits per heavy atom. The summed E-state index contributed by atoms with van der Waals surface area (Å²) in [7, 11) is 0. The zero-order valence-corrected chi connectivity index (χ0v) is 13.3. The van der Waals surface area contributed by atoms with E-state index in [2.05, 4.69) is 21.8 Å². The third-order valence-electron chi connectivity index (χ3n) is 4.37. The number of rotatable bonds is 3. The standard InChI is InChI=1S/C18H17N5O2/c1-2-10-8-12(16(25)9-15(10)24)17-21-22-18(19)23(17)14-5-3-4-13-11(14)6-7-20-13/h2-10,15,20,24-25H,1H2,(H2,19,22). The number of nitrogens with zero attached hydrogens (tertiary/aromatic N) is 3. The van der Waals surface area contributed by atoms with Crippen LogP contribution >= 0.6 is 0 Å². The van der Waals surface area contributed by atoms with E-state index < -0.39 is 6.10 Å². The Labute approximate surface area is 143 Å². The van der Waals surface area contributed by atoms with E-state index in [9.17, 15) is 10.2 Å². The SMILES string of the molecule is C=CC1C=C(c2nnc(N)n2-c2cccc3[nH]ccc23)C(O)=CC1O. The minimum atomic E-state index is -0.830. The average Bonchev–Trinajstić information content (AvgIpc) is 3.21. The topological polar surface area (TPSA) is 113 Å². The molecular formula is C18H17N5O2. The summed E-state index contributed by atoms with van der Waals surface area (Å²) in [5, 5.41) is 29.4. The number of H-pyrrole nitrogens is 1. The Morgan fingerprint density at radius 1 is 1.24 bits per heavy atom. The molecule has 2 aromatic heterocycles. The molecule has 126 valence electrons. The van der Waals surface area contributed by atoms with E-state index in [-0.39, 0.29) is 17.6 Å². The third kappa shape index (κ3) is 2.33. The fraction of sp³-hybridized carbons (Fsp3) is 0.111. The van der Waals surface area contributed by atoms with Gasteiger partial charge in [-0.1, -0.05) is 18.2 Å². The Hall–Kier alpha value is -3.32. The van der Waals surface area contributed by atoms with Gasteiger partial charge in [-0.15, -0.1) is 16.8 Å². The fourth-order valence-corrected chi connectivity index (χ4v) is 3.11. The number of aliphatic hydroxyl groups is 2. The molecule has 0 radical (unpaired) electrons. The van der Waals surface area contributed by atoms with Crippen LogP contribution in [0.3, 0.4) is 0 Å². The number of hydrogen-bond acceptors (Lipinski definition) is 5. The second kappa shape index (κ2) is 5.64. The van der Waals surface area contributed by atoms with Gasteiger partial charge < -0.3 is 20.9 Å². The van der Waals surface area contributed by atoms with Crippen LogP contribution in [0.25, 0.3) is 22.2 Å². The lowest BCUT2D eigenvalue weighted by atomic mass is 9.92. The van der Waals surface area contributed by atoms with Gasteiger partial charge in [0.2, 0.25) is 5.95 Å². The second-order valence-corrected chi connectivity index (χ2v) is 5.87. The summed E-state index contributed by atoms with van der Waals surface area (Å²) in [5.74, 6) is 0.207. The van der Waals surface area contributed by atoms with Crippen molar-refractivity contribution in [2.75, 3.05) is 5.73 Å². The summed E-state index contributed by atoms with van der Waals surface area (Å²) in [5.41, 5.74) is 8.26.